The first-order chi connectivity index (χ1) is 9.74. The number of hydrogen-bond acceptors (Lipinski definition) is 4. The number of nitrogens with zero attached hydrogens (tertiary/aromatic N) is 3. The van der Waals surface area contributed by atoms with E-state index in [1.54, 1.807) is 5.06 Å². The molecule has 0 amide bonds. The second kappa shape index (κ2) is 7.73. The number of benzene rings is 1. The molecule has 6 heteroatoms. The van der Waals surface area contributed by atoms with Crippen LogP contribution in [0.3, 0.4) is 0 Å². The second-order valence-electron chi connectivity index (χ2n) is 4.66. The van der Waals surface area contributed by atoms with E-state index in [1.807, 2.05) is 36.4 Å². The van der Waals surface area contributed by atoms with Crippen molar-refractivity contribution in [2.75, 3.05) is 44.2 Å². The number of anilines is 1. The molecule has 0 saturated carbocycles. The van der Waals surface area contributed by atoms with E-state index in [9.17, 15) is 4.21 Å². The Balaban J connectivity index is 1.83. The molecule has 0 N–H and O–H groups in total. The Bertz CT molecular complexity index is 418. The molecule has 1 unspecified atom stereocenters. The molecule has 1 aliphatic heterocycles. The molecule has 112 valence electrons. The maximum absolute atomic E-state index is 12.1. The average Bonchev–Trinajstić information content (AvgIpc) is 2.53. The van der Waals surface area contributed by atoms with Gasteiger partial charge in [0, 0.05) is 45.0 Å². The van der Waals surface area contributed by atoms with Crippen LogP contribution in [0.25, 0.3) is 0 Å². The summed E-state index contributed by atoms with van der Waals surface area (Å²) in [5.41, 5.74) is 1.22. The van der Waals surface area contributed by atoms with Gasteiger partial charge in [-0.2, -0.15) is 13.7 Å². The van der Waals surface area contributed by atoms with Gasteiger partial charge in [-0.25, -0.2) is 4.21 Å². The Kier molecular flexibility index (Phi) is 5.97. The molecule has 0 bridgehead atoms. The zero-order chi connectivity index (χ0) is 14.4. The zero-order valence-electron chi connectivity index (χ0n) is 12.2. The van der Waals surface area contributed by atoms with Crippen LogP contribution in [0.2, 0.25) is 0 Å². The first kappa shape index (κ1) is 15.4. The predicted octanol–water partition coefficient (Wildman–Crippen LogP) is 1.66. The zero-order valence-corrected chi connectivity index (χ0v) is 13.0. The monoisotopic (exact) mass is 297 g/mol. The van der Waals surface area contributed by atoms with Crippen LogP contribution in [-0.2, 0) is 15.6 Å². The van der Waals surface area contributed by atoms with Crippen LogP contribution in [0.4, 0.5) is 5.69 Å². The third-order valence-corrected chi connectivity index (χ3v) is 4.57. The highest BCUT2D eigenvalue weighted by atomic mass is 32.2. The Morgan fingerprint density at radius 3 is 2.25 bits per heavy atom. The van der Waals surface area contributed by atoms with Crippen molar-refractivity contribution in [1.29, 1.82) is 0 Å². The molecule has 2 rings (SSSR count). The van der Waals surface area contributed by atoms with Crippen LogP contribution in [0.15, 0.2) is 30.3 Å². The van der Waals surface area contributed by atoms with Crippen LogP contribution in [0.1, 0.15) is 13.8 Å². The van der Waals surface area contributed by atoms with Crippen LogP contribution in [0.5, 0.6) is 0 Å². The summed E-state index contributed by atoms with van der Waals surface area (Å²) in [5, 5.41) is 1.72. The Labute approximate surface area is 123 Å². The largest absolute Gasteiger partial charge is 0.369 e. The van der Waals surface area contributed by atoms with Gasteiger partial charge >= 0.3 is 0 Å². The smallest absolute Gasteiger partial charge is 0.255 e. The number of hydrogen-bond donors (Lipinski definition) is 0. The summed E-state index contributed by atoms with van der Waals surface area (Å²) in [6.07, 6.45) is 0. The van der Waals surface area contributed by atoms with Crippen molar-refractivity contribution < 1.29 is 8.49 Å². The van der Waals surface area contributed by atoms with Gasteiger partial charge in [-0.1, -0.05) is 32.0 Å². The summed E-state index contributed by atoms with van der Waals surface area (Å²) >= 11 is -1.38. The van der Waals surface area contributed by atoms with E-state index in [4.69, 9.17) is 4.28 Å². The third-order valence-electron chi connectivity index (χ3n) is 3.45. The van der Waals surface area contributed by atoms with Gasteiger partial charge in [-0.05, 0) is 12.1 Å². The minimum atomic E-state index is -1.38. The molecular weight excluding hydrogens is 274 g/mol. The standard InChI is InChI=1S/C14H23N3O2S/c1-3-16(4-2)19-20(18)17-12-10-15(11-13-17)14-8-6-5-7-9-14/h5-9H,3-4,10-13H2,1-2H3. The van der Waals surface area contributed by atoms with Gasteiger partial charge in [-0.3, -0.25) is 0 Å². The Morgan fingerprint density at radius 1 is 1.10 bits per heavy atom. The van der Waals surface area contributed by atoms with Crippen molar-refractivity contribution in [2.24, 2.45) is 0 Å². The van der Waals surface area contributed by atoms with E-state index in [1.165, 1.54) is 5.69 Å². The highest BCUT2D eigenvalue weighted by molar-refractivity contribution is 7.77. The van der Waals surface area contributed by atoms with Gasteiger partial charge in [0.2, 0.25) is 0 Å². The predicted molar refractivity (Wildman–Crippen MR) is 82.4 cm³/mol. The highest BCUT2D eigenvalue weighted by Gasteiger charge is 2.23. The van der Waals surface area contributed by atoms with Gasteiger partial charge < -0.3 is 4.90 Å². The van der Waals surface area contributed by atoms with Crippen LogP contribution < -0.4 is 4.90 Å². The lowest BCUT2D eigenvalue weighted by Gasteiger charge is -2.35. The minimum absolute atomic E-state index is 0.742. The number of rotatable bonds is 6. The molecular formula is C14H23N3O2S. The molecule has 1 saturated heterocycles. The van der Waals surface area contributed by atoms with Crippen molar-refractivity contribution in [3.8, 4) is 0 Å². The second-order valence-corrected chi connectivity index (χ2v) is 5.76. The fraction of sp³-hybridized carbons (Fsp3) is 0.571. The number of piperazine rings is 1. The topological polar surface area (TPSA) is 36.0 Å². The van der Waals surface area contributed by atoms with Crippen molar-refractivity contribution >= 4 is 17.0 Å². The SMILES string of the molecule is CCN(CC)OS(=O)N1CCN(c2ccccc2)CC1. The summed E-state index contributed by atoms with van der Waals surface area (Å²) < 4.78 is 19.5. The van der Waals surface area contributed by atoms with E-state index >= 15 is 0 Å². The molecule has 0 radical (unpaired) electrons. The average molecular weight is 297 g/mol. The first-order valence-corrected chi connectivity index (χ1v) is 8.18. The molecule has 20 heavy (non-hydrogen) atoms. The van der Waals surface area contributed by atoms with E-state index in [2.05, 4.69) is 17.0 Å². The lowest BCUT2D eigenvalue weighted by Crippen LogP contribution is -2.48. The molecule has 1 heterocycles. The van der Waals surface area contributed by atoms with Gasteiger partial charge in [0.05, 0.1) is 0 Å². The molecule has 1 fully saturated rings. The van der Waals surface area contributed by atoms with Crippen LogP contribution >= 0.6 is 0 Å². The molecule has 1 aliphatic rings. The Hall–Kier alpha value is -0.950. The fourth-order valence-corrected chi connectivity index (χ4v) is 3.15. The minimum Gasteiger partial charge on any atom is -0.369 e. The summed E-state index contributed by atoms with van der Waals surface area (Å²) in [6, 6.07) is 10.3. The normalized spacial score (nSPS) is 18.4. The maximum Gasteiger partial charge on any atom is 0.255 e. The van der Waals surface area contributed by atoms with Gasteiger partial charge in [0.1, 0.15) is 0 Å². The summed E-state index contributed by atoms with van der Waals surface area (Å²) in [6.45, 7) is 8.72. The third kappa shape index (κ3) is 4.02. The number of hydroxylamine groups is 2. The molecule has 0 aliphatic carbocycles. The number of para-hydroxylation sites is 1. The summed E-state index contributed by atoms with van der Waals surface area (Å²) in [5.74, 6) is 0. The molecule has 1 aromatic rings. The fourth-order valence-electron chi connectivity index (χ4n) is 2.20. The molecule has 5 nitrogen and oxygen atoms in total. The van der Waals surface area contributed by atoms with Gasteiger partial charge in [0.15, 0.2) is 0 Å². The summed E-state index contributed by atoms with van der Waals surface area (Å²) in [7, 11) is 0. The lowest BCUT2D eigenvalue weighted by molar-refractivity contribution is -0.0407. The van der Waals surface area contributed by atoms with E-state index in [0.717, 1.165) is 39.3 Å². The quantitative estimate of drug-likeness (QED) is 0.748. The lowest BCUT2D eigenvalue weighted by atomic mass is 10.2. The van der Waals surface area contributed by atoms with E-state index in [0.29, 0.717) is 0 Å². The highest BCUT2D eigenvalue weighted by Crippen LogP contribution is 2.16. The molecule has 1 atom stereocenters. The molecule has 0 aromatic heterocycles. The maximum atomic E-state index is 12.1. The van der Waals surface area contributed by atoms with Crippen molar-refractivity contribution in [2.45, 2.75) is 13.8 Å². The first-order valence-electron chi connectivity index (χ1n) is 7.14. The van der Waals surface area contributed by atoms with Crippen molar-refractivity contribution in [1.82, 2.24) is 9.37 Å². The van der Waals surface area contributed by atoms with Crippen LogP contribution in [-0.4, -0.2) is 52.8 Å². The van der Waals surface area contributed by atoms with Crippen molar-refractivity contribution in [3.05, 3.63) is 30.3 Å². The van der Waals surface area contributed by atoms with Gasteiger partial charge in [-0.15, -0.1) is 0 Å². The van der Waals surface area contributed by atoms with E-state index < -0.39 is 11.3 Å². The van der Waals surface area contributed by atoms with E-state index in [-0.39, 0.29) is 0 Å². The van der Waals surface area contributed by atoms with Crippen LogP contribution in [0, 0.1) is 0 Å². The molecule has 0 spiro atoms. The summed E-state index contributed by atoms with van der Waals surface area (Å²) in [4.78, 5) is 2.31. The Morgan fingerprint density at radius 2 is 1.70 bits per heavy atom. The molecule has 1 aromatic carbocycles. The van der Waals surface area contributed by atoms with Crippen molar-refractivity contribution in [3.63, 3.8) is 0 Å². The van der Waals surface area contributed by atoms with Gasteiger partial charge in [0.25, 0.3) is 11.3 Å².